The van der Waals surface area contributed by atoms with Gasteiger partial charge in [-0.2, -0.15) is 0 Å². The predicted octanol–water partition coefficient (Wildman–Crippen LogP) is 5.83. The topological polar surface area (TPSA) is 24.9 Å². The molecule has 0 atom stereocenters. The zero-order valence-electron chi connectivity index (χ0n) is 22.7. The summed E-state index contributed by atoms with van der Waals surface area (Å²) in [5.74, 6) is 1.93. The third-order valence-electron chi connectivity index (χ3n) is 5.54. The van der Waals surface area contributed by atoms with Crippen LogP contribution in [-0.4, -0.2) is 64.3 Å². The summed E-state index contributed by atoms with van der Waals surface area (Å²) >= 11 is 0. The zero-order valence-corrected chi connectivity index (χ0v) is 22.7. The maximum absolute atomic E-state index is 6.39. The Morgan fingerprint density at radius 3 is 1.33 bits per heavy atom. The molecule has 184 valence electrons. The van der Waals surface area contributed by atoms with Crippen molar-refractivity contribution in [2.45, 2.75) is 48.0 Å². The van der Waals surface area contributed by atoms with E-state index in [9.17, 15) is 0 Å². The highest BCUT2D eigenvalue weighted by molar-refractivity contribution is 5.45. The summed E-state index contributed by atoms with van der Waals surface area (Å²) in [6, 6.07) is 13.0. The van der Waals surface area contributed by atoms with Crippen LogP contribution in [0.2, 0.25) is 0 Å². The second-order valence-corrected chi connectivity index (χ2v) is 11.8. The van der Waals surface area contributed by atoms with Crippen LogP contribution >= 0.6 is 0 Å². The first kappa shape index (κ1) is 27.2. The molecule has 0 unspecified atom stereocenters. The summed E-state index contributed by atoms with van der Waals surface area (Å²) in [5, 5.41) is 0. The number of aryl methyl sites for hydroxylation is 2. The summed E-state index contributed by atoms with van der Waals surface area (Å²) in [7, 11) is 8.44. The molecule has 2 rings (SSSR count). The summed E-state index contributed by atoms with van der Waals surface area (Å²) in [4.78, 5) is 4.43. The van der Waals surface area contributed by atoms with Crippen molar-refractivity contribution in [1.29, 1.82) is 0 Å². The van der Waals surface area contributed by atoms with Crippen molar-refractivity contribution in [2.75, 3.05) is 54.5 Å². The van der Waals surface area contributed by atoms with Gasteiger partial charge in [-0.1, -0.05) is 63.1 Å². The van der Waals surface area contributed by atoms with Crippen molar-refractivity contribution in [3.8, 4) is 11.5 Å². The zero-order chi connectivity index (χ0) is 24.8. The molecule has 0 aliphatic carbocycles. The monoisotopic (exact) mass is 454 g/mol. The van der Waals surface area contributed by atoms with Gasteiger partial charge in [0.25, 0.3) is 0 Å². The van der Waals surface area contributed by atoms with Crippen molar-refractivity contribution in [2.24, 2.45) is 10.8 Å². The lowest BCUT2D eigenvalue weighted by atomic mass is 9.94. The minimum Gasteiger partial charge on any atom is -0.493 e. The fourth-order valence-corrected chi connectivity index (χ4v) is 4.53. The van der Waals surface area contributed by atoms with Gasteiger partial charge in [0.1, 0.15) is 11.5 Å². The highest BCUT2D eigenvalue weighted by Gasteiger charge is 2.22. The lowest BCUT2D eigenvalue weighted by molar-refractivity contribution is 0.139. The van der Waals surface area contributed by atoms with Crippen molar-refractivity contribution >= 4 is 0 Å². The standard InChI is InChI=1S/C29H46N2O2/c1-22-11-13-26(32-20-28(3,4)18-30(7)8)24(15-22)17-25-16-23(2)12-14-27(25)33-21-29(5,6)19-31(9)10/h11-16H,17-21H2,1-10H3. The number of ether oxygens (including phenoxy) is 2. The Kier molecular flexibility index (Phi) is 9.39. The fraction of sp³-hybridized carbons (Fsp3) is 0.586. The van der Waals surface area contributed by atoms with Crippen LogP contribution in [-0.2, 0) is 6.42 Å². The van der Waals surface area contributed by atoms with E-state index in [0.29, 0.717) is 13.2 Å². The Morgan fingerprint density at radius 1 is 0.636 bits per heavy atom. The number of benzene rings is 2. The summed E-state index contributed by atoms with van der Waals surface area (Å²) in [6.45, 7) is 16.6. The van der Waals surface area contributed by atoms with E-state index >= 15 is 0 Å². The average Bonchev–Trinajstić information content (AvgIpc) is 2.64. The SMILES string of the molecule is Cc1ccc(OCC(C)(C)CN(C)C)c(Cc2cc(C)ccc2OCC(C)(C)CN(C)C)c1. The Bertz CT molecular complexity index is 827. The molecular weight excluding hydrogens is 408 g/mol. The molecule has 0 N–H and O–H groups in total. The van der Waals surface area contributed by atoms with Gasteiger partial charge in [0.2, 0.25) is 0 Å². The van der Waals surface area contributed by atoms with E-state index in [1.165, 1.54) is 22.3 Å². The van der Waals surface area contributed by atoms with Crippen LogP contribution in [0.4, 0.5) is 0 Å². The summed E-state index contributed by atoms with van der Waals surface area (Å²) < 4.78 is 12.8. The second kappa shape index (κ2) is 11.4. The number of rotatable bonds is 12. The number of nitrogens with zero attached hydrogens (tertiary/aromatic N) is 2. The lowest BCUT2D eigenvalue weighted by Crippen LogP contribution is -2.33. The smallest absolute Gasteiger partial charge is 0.122 e. The molecule has 0 radical (unpaired) electrons. The molecule has 0 saturated carbocycles. The van der Waals surface area contributed by atoms with Gasteiger partial charge in [0.15, 0.2) is 0 Å². The van der Waals surface area contributed by atoms with E-state index in [4.69, 9.17) is 9.47 Å². The van der Waals surface area contributed by atoms with Crippen LogP contribution in [0.1, 0.15) is 49.9 Å². The molecule has 0 aliphatic rings. The Hall–Kier alpha value is -2.04. The van der Waals surface area contributed by atoms with Crippen LogP contribution in [0.5, 0.6) is 11.5 Å². The minimum atomic E-state index is 0.0707. The number of hydrogen-bond donors (Lipinski definition) is 0. The van der Waals surface area contributed by atoms with Crippen LogP contribution in [0, 0.1) is 24.7 Å². The molecule has 4 heteroatoms. The van der Waals surface area contributed by atoms with E-state index < -0.39 is 0 Å². The van der Waals surface area contributed by atoms with Gasteiger partial charge in [-0.15, -0.1) is 0 Å². The van der Waals surface area contributed by atoms with Gasteiger partial charge in [0, 0.05) is 30.3 Å². The van der Waals surface area contributed by atoms with Crippen LogP contribution in [0.25, 0.3) is 0 Å². The van der Waals surface area contributed by atoms with Crippen molar-refractivity contribution in [1.82, 2.24) is 9.80 Å². The van der Waals surface area contributed by atoms with Gasteiger partial charge in [-0.25, -0.2) is 0 Å². The van der Waals surface area contributed by atoms with E-state index in [0.717, 1.165) is 31.0 Å². The second-order valence-electron chi connectivity index (χ2n) is 11.8. The van der Waals surface area contributed by atoms with Gasteiger partial charge in [-0.3, -0.25) is 0 Å². The van der Waals surface area contributed by atoms with Gasteiger partial charge in [-0.05, 0) is 65.3 Å². The molecule has 0 heterocycles. The van der Waals surface area contributed by atoms with E-state index in [2.05, 4.69) is 116 Å². The first-order valence-corrected chi connectivity index (χ1v) is 12.0. The molecule has 0 bridgehead atoms. The molecule has 0 fully saturated rings. The molecule has 4 nitrogen and oxygen atoms in total. The van der Waals surface area contributed by atoms with Crippen LogP contribution < -0.4 is 9.47 Å². The molecule has 0 aromatic heterocycles. The van der Waals surface area contributed by atoms with Crippen LogP contribution in [0.15, 0.2) is 36.4 Å². The predicted molar refractivity (Wildman–Crippen MR) is 141 cm³/mol. The van der Waals surface area contributed by atoms with Crippen molar-refractivity contribution < 1.29 is 9.47 Å². The van der Waals surface area contributed by atoms with Crippen molar-refractivity contribution in [3.05, 3.63) is 58.7 Å². The average molecular weight is 455 g/mol. The largest absolute Gasteiger partial charge is 0.493 e. The van der Waals surface area contributed by atoms with E-state index in [-0.39, 0.29) is 10.8 Å². The molecule has 0 aliphatic heterocycles. The van der Waals surface area contributed by atoms with E-state index in [1.54, 1.807) is 0 Å². The lowest BCUT2D eigenvalue weighted by Gasteiger charge is -2.29. The molecule has 0 saturated heterocycles. The first-order chi connectivity index (χ1) is 15.3. The van der Waals surface area contributed by atoms with Crippen LogP contribution in [0.3, 0.4) is 0 Å². The normalized spacial score (nSPS) is 12.5. The van der Waals surface area contributed by atoms with E-state index in [1.807, 2.05) is 0 Å². The fourth-order valence-electron chi connectivity index (χ4n) is 4.53. The highest BCUT2D eigenvalue weighted by atomic mass is 16.5. The number of hydrogen-bond acceptors (Lipinski definition) is 4. The van der Waals surface area contributed by atoms with Gasteiger partial charge < -0.3 is 19.3 Å². The third kappa shape index (κ3) is 9.38. The minimum absolute atomic E-state index is 0.0707. The molecule has 2 aromatic carbocycles. The third-order valence-corrected chi connectivity index (χ3v) is 5.54. The maximum Gasteiger partial charge on any atom is 0.122 e. The highest BCUT2D eigenvalue weighted by Crippen LogP contribution is 2.31. The Morgan fingerprint density at radius 2 is 1.00 bits per heavy atom. The summed E-state index contributed by atoms with van der Waals surface area (Å²) in [6.07, 6.45) is 0.788. The van der Waals surface area contributed by atoms with Gasteiger partial charge >= 0.3 is 0 Å². The van der Waals surface area contributed by atoms with Gasteiger partial charge in [0.05, 0.1) is 13.2 Å². The molecular formula is C29H46N2O2. The summed E-state index contributed by atoms with van der Waals surface area (Å²) in [5.41, 5.74) is 5.04. The molecule has 2 aromatic rings. The quantitative estimate of drug-likeness (QED) is 0.403. The molecule has 0 amide bonds. The molecule has 0 spiro atoms. The molecule has 33 heavy (non-hydrogen) atoms. The maximum atomic E-state index is 6.39. The Balaban J connectivity index is 2.24. The first-order valence-electron chi connectivity index (χ1n) is 12.0. The van der Waals surface area contributed by atoms with Crippen molar-refractivity contribution in [3.63, 3.8) is 0 Å². The Labute approximate surface area is 202 Å².